The summed E-state index contributed by atoms with van der Waals surface area (Å²) < 4.78 is 2.54. The number of piperidine rings is 1. The zero-order valence-corrected chi connectivity index (χ0v) is 27.4. The monoisotopic (exact) mass is 665 g/mol. The average molecular weight is 667 g/mol. The SMILES string of the molecule is Cl.O=C(O)c1ccc(CN2CCCCC2n2c(C3CC3)nc3c(Cc4ccc(Cl)cc4)c(Cc4ccc(Cl)cc4)ccc32)s1. The minimum atomic E-state index is -0.856. The van der Waals surface area contributed by atoms with Crippen LogP contribution in [-0.4, -0.2) is 32.1 Å². The maximum atomic E-state index is 11.5. The van der Waals surface area contributed by atoms with E-state index >= 15 is 0 Å². The van der Waals surface area contributed by atoms with Crippen LogP contribution in [0.4, 0.5) is 0 Å². The first-order valence-corrected chi connectivity index (χ1v) is 16.6. The van der Waals surface area contributed by atoms with Crippen LogP contribution in [0.1, 0.15) is 86.8 Å². The fraction of sp³-hybridized carbons (Fsp3) is 0.314. The molecule has 1 N–H and O–H groups in total. The number of aromatic carboxylic acids is 1. The Morgan fingerprint density at radius 1 is 0.864 bits per heavy atom. The van der Waals surface area contributed by atoms with Gasteiger partial charge in [-0.25, -0.2) is 9.78 Å². The summed E-state index contributed by atoms with van der Waals surface area (Å²) in [5, 5.41) is 11.0. The molecule has 0 amide bonds. The van der Waals surface area contributed by atoms with E-state index in [9.17, 15) is 9.90 Å². The highest BCUT2D eigenvalue weighted by Gasteiger charge is 2.35. The number of benzene rings is 3. The molecule has 3 aromatic carbocycles. The maximum Gasteiger partial charge on any atom is 0.345 e. The van der Waals surface area contributed by atoms with Gasteiger partial charge in [-0.15, -0.1) is 23.7 Å². The van der Waals surface area contributed by atoms with Gasteiger partial charge in [-0.2, -0.15) is 0 Å². The summed E-state index contributed by atoms with van der Waals surface area (Å²) in [5.74, 6) is 0.829. The molecule has 3 heterocycles. The first-order chi connectivity index (χ1) is 20.9. The van der Waals surface area contributed by atoms with Crippen LogP contribution in [0.15, 0.2) is 72.8 Å². The predicted molar refractivity (Wildman–Crippen MR) is 182 cm³/mol. The van der Waals surface area contributed by atoms with Crippen LogP contribution in [0, 0.1) is 0 Å². The van der Waals surface area contributed by atoms with Crippen molar-refractivity contribution in [2.24, 2.45) is 0 Å². The van der Waals surface area contributed by atoms with Crippen molar-refractivity contribution in [1.29, 1.82) is 0 Å². The third-order valence-electron chi connectivity index (χ3n) is 8.74. The van der Waals surface area contributed by atoms with Crippen molar-refractivity contribution in [2.45, 2.75) is 63.6 Å². The summed E-state index contributed by atoms with van der Waals surface area (Å²) in [5.41, 5.74) is 7.26. The molecule has 0 spiro atoms. The van der Waals surface area contributed by atoms with E-state index in [1.807, 2.05) is 30.3 Å². The predicted octanol–water partition coefficient (Wildman–Crippen LogP) is 9.77. The van der Waals surface area contributed by atoms with Gasteiger partial charge < -0.3 is 9.67 Å². The molecule has 1 saturated heterocycles. The molecule has 1 unspecified atom stereocenters. The van der Waals surface area contributed by atoms with Gasteiger partial charge in [-0.05, 0) is 110 Å². The largest absolute Gasteiger partial charge is 0.477 e. The van der Waals surface area contributed by atoms with Gasteiger partial charge >= 0.3 is 5.97 Å². The molecule has 7 rings (SSSR count). The Labute approximate surface area is 277 Å². The molecule has 0 radical (unpaired) electrons. The van der Waals surface area contributed by atoms with E-state index < -0.39 is 5.97 Å². The van der Waals surface area contributed by atoms with Crippen LogP contribution >= 0.6 is 46.9 Å². The number of hydrogen-bond acceptors (Lipinski definition) is 4. The molecule has 228 valence electrons. The second-order valence-electron chi connectivity index (χ2n) is 11.8. The van der Waals surface area contributed by atoms with Crippen molar-refractivity contribution >= 4 is 63.9 Å². The summed E-state index contributed by atoms with van der Waals surface area (Å²) in [4.78, 5) is 21.0. The Hall–Kier alpha value is -2.87. The highest BCUT2D eigenvalue weighted by molar-refractivity contribution is 7.13. The summed E-state index contributed by atoms with van der Waals surface area (Å²) in [6, 6.07) is 24.6. The summed E-state index contributed by atoms with van der Waals surface area (Å²) in [6.07, 6.45) is 7.49. The molecule has 2 fully saturated rings. The highest BCUT2D eigenvalue weighted by atomic mass is 35.5. The lowest BCUT2D eigenvalue weighted by atomic mass is 9.94. The molecule has 2 aromatic heterocycles. The zero-order chi connectivity index (χ0) is 29.5. The number of carboxylic acid groups (broad SMARTS) is 1. The standard InChI is InChI=1S/C35H33Cl2N3O2S.ClH/c36-26-11-4-22(5-12-26)19-25-10-16-30-33(29(25)20-23-6-13-27(37)14-7-23)38-34(24-8-9-24)40(30)32-3-1-2-18-39(32)21-28-15-17-31(43-28)35(41)42;/h4-7,10-17,24,32H,1-3,8-9,18-21H2,(H,41,42);1H. The van der Waals surface area contributed by atoms with Crippen molar-refractivity contribution in [3.8, 4) is 0 Å². The normalized spacial score (nSPS) is 17.1. The molecule has 1 aliphatic heterocycles. The Morgan fingerprint density at radius 2 is 1.55 bits per heavy atom. The van der Waals surface area contributed by atoms with Gasteiger partial charge in [0.1, 0.15) is 10.7 Å². The van der Waals surface area contributed by atoms with Crippen molar-refractivity contribution in [2.75, 3.05) is 6.54 Å². The van der Waals surface area contributed by atoms with Crippen LogP contribution in [0.25, 0.3) is 11.0 Å². The van der Waals surface area contributed by atoms with Crippen molar-refractivity contribution in [3.63, 3.8) is 0 Å². The molecule has 0 bridgehead atoms. The number of halogens is 3. The van der Waals surface area contributed by atoms with Crippen LogP contribution in [-0.2, 0) is 19.4 Å². The molecular formula is C35H34Cl3N3O2S. The van der Waals surface area contributed by atoms with Gasteiger partial charge in [0.05, 0.1) is 17.2 Å². The first-order valence-electron chi connectivity index (χ1n) is 15.0. The topological polar surface area (TPSA) is 58.4 Å². The third-order valence-corrected chi connectivity index (χ3v) is 10.3. The Kier molecular flexibility index (Phi) is 9.36. The molecule has 1 atom stereocenters. The third kappa shape index (κ3) is 6.56. The van der Waals surface area contributed by atoms with Crippen LogP contribution in [0.5, 0.6) is 0 Å². The van der Waals surface area contributed by atoms with Gasteiger partial charge in [0.2, 0.25) is 0 Å². The quantitative estimate of drug-likeness (QED) is 0.170. The first kappa shape index (κ1) is 31.1. The summed E-state index contributed by atoms with van der Waals surface area (Å²) in [7, 11) is 0. The zero-order valence-electron chi connectivity index (χ0n) is 24.2. The van der Waals surface area contributed by atoms with Crippen molar-refractivity contribution < 1.29 is 9.90 Å². The van der Waals surface area contributed by atoms with Crippen molar-refractivity contribution in [1.82, 2.24) is 14.5 Å². The van der Waals surface area contributed by atoms with E-state index in [4.69, 9.17) is 28.2 Å². The minimum absolute atomic E-state index is 0. The van der Waals surface area contributed by atoms with Gasteiger partial charge in [-0.1, -0.05) is 53.5 Å². The number of imidazole rings is 1. The average Bonchev–Trinajstić information content (AvgIpc) is 3.62. The van der Waals surface area contributed by atoms with E-state index in [0.717, 1.165) is 59.2 Å². The molecule has 2 aliphatic rings. The van der Waals surface area contributed by atoms with Crippen LogP contribution < -0.4 is 0 Å². The smallest absolute Gasteiger partial charge is 0.345 e. The van der Waals surface area contributed by atoms with Crippen LogP contribution in [0.3, 0.4) is 0 Å². The lowest BCUT2D eigenvalue weighted by Gasteiger charge is -2.37. The van der Waals surface area contributed by atoms with Gasteiger partial charge in [0.15, 0.2) is 0 Å². The van der Waals surface area contributed by atoms with E-state index in [1.54, 1.807) is 6.07 Å². The van der Waals surface area contributed by atoms with E-state index in [2.05, 4.69) is 45.9 Å². The Balaban J connectivity index is 0.00000343. The number of fused-ring (bicyclic) bond motifs is 1. The molecular weight excluding hydrogens is 633 g/mol. The number of carboxylic acids is 1. The lowest BCUT2D eigenvalue weighted by Crippen LogP contribution is -2.36. The van der Waals surface area contributed by atoms with E-state index in [-0.39, 0.29) is 18.6 Å². The van der Waals surface area contributed by atoms with Gasteiger partial charge in [0, 0.05) is 33.9 Å². The van der Waals surface area contributed by atoms with Gasteiger partial charge in [-0.3, -0.25) is 4.90 Å². The van der Waals surface area contributed by atoms with Crippen LogP contribution in [0.2, 0.25) is 10.0 Å². The fourth-order valence-corrected chi connectivity index (χ4v) is 7.56. The Morgan fingerprint density at radius 3 is 2.18 bits per heavy atom. The molecule has 1 aliphatic carbocycles. The molecule has 44 heavy (non-hydrogen) atoms. The number of aromatic nitrogens is 2. The molecule has 5 nitrogen and oxygen atoms in total. The second-order valence-corrected chi connectivity index (χ2v) is 13.9. The van der Waals surface area contributed by atoms with E-state index in [1.165, 1.54) is 64.2 Å². The summed E-state index contributed by atoms with van der Waals surface area (Å²) in [6.45, 7) is 1.74. The minimum Gasteiger partial charge on any atom is -0.477 e. The number of carbonyl (C=O) groups is 1. The number of hydrogen-bond donors (Lipinski definition) is 1. The number of nitrogens with zero attached hydrogens (tertiary/aromatic N) is 3. The fourth-order valence-electron chi connectivity index (χ4n) is 6.44. The van der Waals surface area contributed by atoms with E-state index in [0.29, 0.717) is 10.8 Å². The molecule has 9 heteroatoms. The molecule has 5 aromatic rings. The number of rotatable bonds is 9. The number of thiophene rings is 1. The lowest BCUT2D eigenvalue weighted by molar-refractivity contribution is 0.0702. The maximum absolute atomic E-state index is 11.5. The highest BCUT2D eigenvalue weighted by Crippen LogP contribution is 2.45. The Bertz CT molecular complexity index is 1780. The summed E-state index contributed by atoms with van der Waals surface area (Å²) >= 11 is 13.8. The van der Waals surface area contributed by atoms with Gasteiger partial charge in [0.25, 0.3) is 0 Å². The van der Waals surface area contributed by atoms with Crippen molar-refractivity contribution in [3.05, 3.63) is 121 Å². The number of likely N-dealkylation sites (tertiary alicyclic amines) is 1. The second kappa shape index (κ2) is 13.2. The molecule has 1 saturated carbocycles.